The van der Waals surface area contributed by atoms with Gasteiger partial charge in [0.1, 0.15) is 0 Å². The first-order valence-corrected chi connectivity index (χ1v) is 8.15. The zero-order valence-corrected chi connectivity index (χ0v) is 12.2. The van der Waals surface area contributed by atoms with Gasteiger partial charge < -0.3 is 4.98 Å². The average Bonchev–Trinajstić information content (AvgIpc) is 2.80. The molecule has 0 fully saturated rings. The minimum atomic E-state index is -3.17. The molecule has 0 aliphatic heterocycles. The van der Waals surface area contributed by atoms with Crippen LogP contribution in [0.15, 0.2) is 47.5 Å². The van der Waals surface area contributed by atoms with Crippen molar-refractivity contribution in [2.75, 3.05) is 6.26 Å². The highest BCUT2D eigenvalue weighted by Crippen LogP contribution is 2.25. The molecule has 3 rings (SSSR count). The van der Waals surface area contributed by atoms with Crippen molar-refractivity contribution in [1.29, 1.82) is 0 Å². The number of H-pyrrole nitrogens is 1. The third-order valence-electron chi connectivity index (χ3n) is 3.03. The van der Waals surface area contributed by atoms with Crippen molar-refractivity contribution in [3.05, 3.63) is 47.6 Å². The Morgan fingerprint density at radius 3 is 2.50 bits per heavy atom. The van der Waals surface area contributed by atoms with Crippen molar-refractivity contribution >= 4 is 32.5 Å². The molecule has 1 N–H and O–H groups in total. The number of nitrogens with zero attached hydrogens (tertiary/aromatic N) is 1. The molecular weight excluding hydrogens is 296 g/mol. The van der Waals surface area contributed by atoms with Gasteiger partial charge in [-0.2, -0.15) is 0 Å². The van der Waals surface area contributed by atoms with E-state index in [1.54, 1.807) is 36.5 Å². The SMILES string of the molecule is CS(=O)(=O)c1ccc(-c2cc3ncc(Cl)cc3[nH]2)cc1. The maximum atomic E-state index is 11.4. The molecule has 0 saturated carbocycles. The molecule has 0 atom stereocenters. The lowest BCUT2D eigenvalue weighted by Crippen LogP contribution is -1.96. The highest BCUT2D eigenvalue weighted by atomic mass is 35.5. The third kappa shape index (κ3) is 2.42. The van der Waals surface area contributed by atoms with Crippen LogP contribution < -0.4 is 0 Å². The summed E-state index contributed by atoms with van der Waals surface area (Å²) in [4.78, 5) is 7.74. The lowest BCUT2D eigenvalue weighted by atomic mass is 10.1. The molecule has 102 valence electrons. The number of fused-ring (bicyclic) bond motifs is 1. The first-order chi connectivity index (χ1) is 9.43. The Morgan fingerprint density at radius 1 is 1.15 bits per heavy atom. The highest BCUT2D eigenvalue weighted by Gasteiger charge is 2.08. The van der Waals surface area contributed by atoms with Crippen molar-refractivity contribution in [2.24, 2.45) is 0 Å². The first-order valence-electron chi connectivity index (χ1n) is 5.88. The van der Waals surface area contributed by atoms with Crippen LogP contribution in [0.1, 0.15) is 0 Å². The fraction of sp³-hybridized carbons (Fsp3) is 0.0714. The number of hydrogen-bond acceptors (Lipinski definition) is 3. The fourth-order valence-electron chi connectivity index (χ4n) is 2.02. The number of aromatic nitrogens is 2. The second kappa shape index (κ2) is 4.61. The van der Waals surface area contributed by atoms with Crippen LogP contribution in [-0.4, -0.2) is 24.6 Å². The molecule has 1 aromatic carbocycles. The minimum Gasteiger partial charge on any atom is -0.353 e. The summed E-state index contributed by atoms with van der Waals surface area (Å²) in [7, 11) is -3.17. The summed E-state index contributed by atoms with van der Waals surface area (Å²) >= 11 is 5.90. The lowest BCUT2D eigenvalue weighted by Gasteiger charge is -2.00. The Bertz CT molecular complexity index is 883. The molecule has 0 radical (unpaired) electrons. The van der Waals surface area contributed by atoms with E-state index in [-0.39, 0.29) is 0 Å². The van der Waals surface area contributed by atoms with Crippen LogP contribution in [0.25, 0.3) is 22.3 Å². The van der Waals surface area contributed by atoms with E-state index in [2.05, 4.69) is 9.97 Å². The zero-order valence-electron chi connectivity index (χ0n) is 10.6. The molecule has 0 unspecified atom stereocenters. The third-order valence-corrected chi connectivity index (χ3v) is 4.36. The van der Waals surface area contributed by atoms with Gasteiger partial charge in [0.2, 0.25) is 0 Å². The summed E-state index contributed by atoms with van der Waals surface area (Å²) in [5.74, 6) is 0. The Hall–Kier alpha value is -1.85. The van der Waals surface area contributed by atoms with Crippen LogP contribution in [0.4, 0.5) is 0 Å². The van der Waals surface area contributed by atoms with Crippen molar-refractivity contribution in [3.8, 4) is 11.3 Å². The van der Waals surface area contributed by atoms with Gasteiger partial charge in [-0.1, -0.05) is 23.7 Å². The average molecular weight is 307 g/mol. The summed E-state index contributed by atoms with van der Waals surface area (Å²) in [5, 5.41) is 0.568. The van der Waals surface area contributed by atoms with Crippen LogP contribution in [0.5, 0.6) is 0 Å². The van der Waals surface area contributed by atoms with Gasteiger partial charge in [0.05, 0.1) is 21.0 Å². The Balaban J connectivity index is 2.07. The van der Waals surface area contributed by atoms with Gasteiger partial charge in [-0.25, -0.2) is 8.42 Å². The normalized spacial score (nSPS) is 11.9. The second-order valence-corrected chi connectivity index (χ2v) is 7.02. The van der Waals surface area contributed by atoms with Crippen LogP contribution in [0.2, 0.25) is 5.02 Å². The molecule has 0 spiro atoms. The van der Waals surface area contributed by atoms with Gasteiger partial charge in [-0.05, 0) is 29.8 Å². The molecule has 2 heterocycles. The van der Waals surface area contributed by atoms with Crippen LogP contribution >= 0.6 is 11.6 Å². The molecule has 2 aromatic heterocycles. The van der Waals surface area contributed by atoms with E-state index in [0.29, 0.717) is 9.92 Å². The van der Waals surface area contributed by atoms with Gasteiger partial charge in [0, 0.05) is 18.1 Å². The molecule has 0 saturated heterocycles. The summed E-state index contributed by atoms with van der Waals surface area (Å²) in [6.45, 7) is 0. The fourth-order valence-corrected chi connectivity index (χ4v) is 2.81. The molecule has 6 heteroatoms. The quantitative estimate of drug-likeness (QED) is 0.790. The lowest BCUT2D eigenvalue weighted by molar-refractivity contribution is 0.602. The van der Waals surface area contributed by atoms with Gasteiger partial charge in [0.15, 0.2) is 9.84 Å². The van der Waals surface area contributed by atoms with Crippen LogP contribution in [-0.2, 0) is 9.84 Å². The number of hydrogen-bond donors (Lipinski definition) is 1. The van der Waals surface area contributed by atoms with E-state index in [4.69, 9.17) is 11.6 Å². The maximum absolute atomic E-state index is 11.4. The number of rotatable bonds is 2. The number of pyridine rings is 1. The molecule has 3 aromatic rings. The largest absolute Gasteiger partial charge is 0.353 e. The second-order valence-electron chi connectivity index (χ2n) is 4.57. The summed E-state index contributed by atoms with van der Waals surface area (Å²) in [6, 6.07) is 10.4. The Morgan fingerprint density at radius 2 is 1.85 bits per heavy atom. The molecule has 0 aliphatic rings. The van der Waals surface area contributed by atoms with Gasteiger partial charge in [-0.3, -0.25) is 4.98 Å². The summed E-state index contributed by atoms with van der Waals surface area (Å²) in [5.41, 5.74) is 3.43. The molecular formula is C14H11ClN2O2S. The van der Waals surface area contributed by atoms with E-state index in [9.17, 15) is 8.42 Å². The number of benzene rings is 1. The predicted octanol–water partition coefficient (Wildman–Crippen LogP) is 3.29. The minimum absolute atomic E-state index is 0.304. The van der Waals surface area contributed by atoms with E-state index in [1.807, 2.05) is 6.07 Å². The molecule has 0 aliphatic carbocycles. The molecule has 20 heavy (non-hydrogen) atoms. The van der Waals surface area contributed by atoms with Crippen molar-refractivity contribution in [2.45, 2.75) is 4.90 Å². The Labute approximate surface area is 121 Å². The monoisotopic (exact) mass is 306 g/mol. The molecule has 4 nitrogen and oxygen atoms in total. The number of halogens is 1. The molecule has 0 amide bonds. The van der Waals surface area contributed by atoms with Gasteiger partial charge >= 0.3 is 0 Å². The topological polar surface area (TPSA) is 62.8 Å². The van der Waals surface area contributed by atoms with E-state index >= 15 is 0 Å². The standard InChI is InChI=1S/C14H11ClN2O2S/c1-20(18,19)11-4-2-9(3-5-11)12-7-13-14(17-12)6-10(15)8-16-13/h2-8,17H,1H3. The predicted molar refractivity (Wildman–Crippen MR) is 79.6 cm³/mol. The number of sulfone groups is 1. The van der Waals surface area contributed by atoms with Gasteiger partial charge in [-0.15, -0.1) is 0 Å². The van der Waals surface area contributed by atoms with Crippen molar-refractivity contribution < 1.29 is 8.42 Å². The van der Waals surface area contributed by atoms with E-state index in [1.165, 1.54) is 6.26 Å². The van der Waals surface area contributed by atoms with Crippen LogP contribution in [0.3, 0.4) is 0 Å². The van der Waals surface area contributed by atoms with E-state index < -0.39 is 9.84 Å². The molecule has 0 bridgehead atoms. The van der Waals surface area contributed by atoms with Gasteiger partial charge in [0.25, 0.3) is 0 Å². The van der Waals surface area contributed by atoms with E-state index in [0.717, 1.165) is 22.3 Å². The summed E-state index contributed by atoms with van der Waals surface area (Å²) < 4.78 is 22.9. The summed E-state index contributed by atoms with van der Waals surface area (Å²) in [6.07, 6.45) is 2.78. The smallest absolute Gasteiger partial charge is 0.175 e. The van der Waals surface area contributed by atoms with Crippen molar-refractivity contribution in [1.82, 2.24) is 9.97 Å². The highest BCUT2D eigenvalue weighted by molar-refractivity contribution is 7.90. The number of nitrogens with one attached hydrogen (secondary N) is 1. The number of aromatic amines is 1. The zero-order chi connectivity index (χ0) is 14.3. The van der Waals surface area contributed by atoms with Crippen LogP contribution in [0, 0.1) is 0 Å². The first kappa shape index (κ1) is 13.1. The van der Waals surface area contributed by atoms with Crippen molar-refractivity contribution in [3.63, 3.8) is 0 Å². The maximum Gasteiger partial charge on any atom is 0.175 e. The Kier molecular flexibility index (Phi) is 3.03.